The third-order valence-corrected chi connectivity index (χ3v) is 13.0. The summed E-state index contributed by atoms with van der Waals surface area (Å²) in [6, 6.07) is 5.44. The van der Waals surface area contributed by atoms with Gasteiger partial charge in [-0.15, -0.1) is 0 Å². The molecule has 232 valence electrons. The van der Waals surface area contributed by atoms with Crippen molar-refractivity contribution in [3.05, 3.63) is 29.3 Å². The van der Waals surface area contributed by atoms with Crippen LogP contribution < -0.4 is 4.52 Å². The molecule has 1 aromatic carbocycles. The van der Waals surface area contributed by atoms with Crippen molar-refractivity contribution in [3.63, 3.8) is 0 Å². The molecule has 0 radical (unpaired) electrons. The molecule has 0 amide bonds. The van der Waals surface area contributed by atoms with Gasteiger partial charge < -0.3 is 13.7 Å². The van der Waals surface area contributed by atoms with Crippen LogP contribution in [0.4, 0.5) is 0 Å². The summed E-state index contributed by atoms with van der Waals surface area (Å²) in [5, 5.41) is 0.0846. The fourth-order valence-corrected chi connectivity index (χ4v) is 6.74. The number of carbonyl (C=O) groups excluding carboxylic acids is 1. The SMILES string of the molecule is CC(C)(C)OC(=O)Cc1cccc(OP(=O)(OC(C)(C)C)OC(C)(C)C)c1C(C)(C)CCO[Si](C)(C)C(C)(C)C. The van der Waals surface area contributed by atoms with Gasteiger partial charge in [0.2, 0.25) is 0 Å². The van der Waals surface area contributed by atoms with Crippen LogP contribution in [0, 0.1) is 0 Å². The molecule has 0 fully saturated rings. The zero-order valence-corrected chi connectivity index (χ0v) is 30.1. The highest BCUT2D eigenvalue weighted by Gasteiger charge is 2.41. The van der Waals surface area contributed by atoms with E-state index in [2.05, 4.69) is 47.7 Å². The molecule has 0 spiro atoms. The first-order valence-corrected chi connectivity index (χ1v) is 18.6. The lowest BCUT2D eigenvalue weighted by atomic mass is 9.78. The highest BCUT2D eigenvalue weighted by Crippen LogP contribution is 2.56. The Morgan fingerprint density at radius 2 is 1.30 bits per heavy atom. The fraction of sp³-hybridized carbons (Fsp3) is 0.774. The highest BCUT2D eigenvalue weighted by molar-refractivity contribution is 7.49. The van der Waals surface area contributed by atoms with Crippen LogP contribution in [0.5, 0.6) is 5.75 Å². The molecule has 1 aromatic rings. The predicted octanol–water partition coefficient (Wildman–Crippen LogP) is 9.38. The monoisotopic (exact) mass is 600 g/mol. The van der Waals surface area contributed by atoms with Gasteiger partial charge in [-0.25, -0.2) is 4.57 Å². The lowest BCUT2D eigenvalue weighted by Gasteiger charge is -2.38. The molecule has 0 aliphatic carbocycles. The number of phosphoric ester groups is 1. The number of rotatable bonds is 11. The maximum atomic E-state index is 14.1. The first-order valence-electron chi connectivity index (χ1n) is 14.3. The predicted molar refractivity (Wildman–Crippen MR) is 167 cm³/mol. The van der Waals surface area contributed by atoms with Crippen LogP contribution in [-0.2, 0) is 39.4 Å². The van der Waals surface area contributed by atoms with E-state index in [9.17, 15) is 9.36 Å². The molecule has 9 heteroatoms. The van der Waals surface area contributed by atoms with Crippen LogP contribution >= 0.6 is 7.82 Å². The summed E-state index contributed by atoms with van der Waals surface area (Å²) in [5.41, 5.74) is -1.21. The molecule has 0 aliphatic rings. The van der Waals surface area contributed by atoms with Gasteiger partial charge in [-0.05, 0) is 104 Å². The van der Waals surface area contributed by atoms with Crippen LogP contribution in [0.25, 0.3) is 0 Å². The molecule has 0 saturated heterocycles. The van der Waals surface area contributed by atoms with E-state index in [1.54, 1.807) is 53.7 Å². The molecule has 0 saturated carbocycles. The summed E-state index contributed by atoms with van der Waals surface area (Å²) < 4.78 is 44.3. The van der Waals surface area contributed by atoms with Gasteiger partial charge in [0.25, 0.3) is 0 Å². The first kappa shape index (κ1) is 36.8. The Bertz CT molecular complexity index is 1030. The minimum Gasteiger partial charge on any atom is -0.460 e. The minimum absolute atomic E-state index is 0.0425. The number of ether oxygens (including phenoxy) is 1. The quantitative estimate of drug-likeness (QED) is 0.142. The van der Waals surface area contributed by atoms with Crippen molar-refractivity contribution >= 4 is 22.1 Å². The van der Waals surface area contributed by atoms with Crippen molar-refractivity contribution < 1.29 is 32.1 Å². The third-order valence-electron chi connectivity index (χ3n) is 6.52. The molecule has 0 N–H and O–H groups in total. The number of benzene rings is 1. The summed E-state index contributed by atoms with van der Waals surface area (Å²) in [7, 11) is -6.05. The number of esters is 1. The largest absolute Gasteiger partial charge is 0.531 e. The van der Waals surface area contributed by atoms with Gasteiger partial charge in [0.05, 0.1) is 17.6 Å². The number of hydrogen-bond acceptors (Lipinski definition) is 7. The average molecular weight is 601 g/mol. The highest BCUT2D eigenvalue weighted by atomic mass is 31.2. The second kappa shape index (κ2) is 12.6. The van der Waals surface area contributed by atoms with Crippen molar-refractivity contribution in [3.8, 4) is 5.75 Å². The summed E-state index contributed by atoms with van der Waals surface area (Å²) in [5.74, 6) is 0.00880. The van der Waals surface area contributed by atoms with Crippen LogP contribution in [0.2, 0.25) is 18.1 Å². The molecule has 0 atom stereocenters. The van der Waals surface area contributed by atoms with Gasteiger partial charge in [0.15, 0.2) is 8.32 Å². The van der Waals surface area contributed by atoms with Crippen LogP contribution in [0.1, 0.15) is 114 Å². The zero-order valence-electron chi connectivity index (χ0n) is 28.2. The van der Waals surface area contributed by atoms with Gasteiger partial charge in [-0.2, -0.15) is 0 Å². The first-order chi connectivity index (χ1) is 17.6. The molecule has 0 aromatic heterocycles. The Morgan fingerprint density at radius 1 is 0.800 bits per heavy atom. The van der Waals surface area contributed by atoms with Crippen LogP contribution in [0.3, 0.4) is 0 Å². The van der Waals surface area contributed by atoms with Crippen molar-refractivity contribution in [1.82, 2.24) is 0 Å². The molecule has 7 nitrogen and oxygen atoms in total. The molecule has 0 unspecified atom stereocenters. The van der Waals surface area contributed by atoms with Crippen molar-refractivity contribution in [2.45, 2.75) is 150 Å². The van der Waals surface area contributed by atoms with E-state index < -0.39 is 38.4 Å². The number of carbonyl (C=O) groups is 1. The molecule has 0 aliphatic heterocycles. The van der Waals surface area contributed by atoms with Gasteiger partial charge in [0, 0.05) is 12.2 Å². The lowest BCUT2D eigenvalue weighted by molar-refractivity contribution is -0.153. The normalized spacial score (nSPS) is 14.3. The van der Waals surface area contributed by atoms with E-state index in [1.165, 1.54) is 0 Å². The maximum Gasteiger partial charge on any atom is 0.531 e. The summed E-state index contributed by atoms with van der Waals surface area (Å²) in [4.78, 5) is 12.9. The van der Waals surface area contributed by atoms with Crippen molar-refractivity contribution in [2.75, 3.05) is 6.61 Å². The zero-order chi connectivity index (χ0) is 31.6. The van der Waals surface area contributed by atoms with Crippen molar-refractivity contribution in [2.24, 2.45) is 0 Å². The number of hydrogen-bond donors (Lipinski definition) is 0. The Labute approximate surface area is 245 Å². The fourth-order valence-electron chi connectivity index (χ4n) is 3.85. The van der Waals surface area contributed by atoms with Crippen LogP contribution in [-0.4, -0.2) is 37.7 Å². The van der Waals surface area contributed by atoms with E-state index in [0.29, 0.717) is 18.8 Å². The number of phosphoric acid groups is 1. The summed E-state index contributed by atoms with van der Waals surface area (Å²) in [6.07, 6.45) is 0.701. The molecule has 1 rings (SSSR count). The molecular weight excluding hydrogens is 543 g/mol. The van der Waals surface area contributed by atoms with Gasteiger partial charge in [-0.1, -0.05) is 46.8 Å². The smallest absolute Gasteiger partial charge is 0.460 e. The standard InChI is InChI=1S/C31H57O7PSi/c1-27(2,3)35-25(32)22-23-18-17-19-24(36-39(33,37-28(4,5)6)38-29(7,8)9)26(23)31(13,14)20-21-34-40(15,16)30(10,11)12/h17-19H,20-22H2,1-16H3. The third kappa shape index (κ3) is 12.4. The summed E-state index contributed by atoms with van der Waals surface area (Å²) in [6.45, 7) is 32.2. The van der Waals surface area contributed by atoms with E-state index >= 15 is 0 Å². The maximum absolute atomic E-state index is 14.1. The van der Waals surface area contributed by atoms with E-state index in [0.717, 1.165) is 11.1 Å². The Kier molecular flexibility index (Phi) is 11.6. The molecule has 0 heterocycles. The second-order valence-corrected chi connectivity index (χ2v) is 22.0. The minimum atomic E-state index is -4.08. The van der Waals surface area contributed by atoms with Gasteiger partial charge >= 0.3 is 13.8 Å². The lowest BCUT2D eigenvalue weighted by Crippen LogP contribution is -2.41. The molecule has 40 heavy (non-hydrogen) atoms. The topological polar surface area (TPSA) is 80.3 Å². The Balaban J connectivity index is 3.62. The average Bonchev–Trinajstić information content (AvgIpc) is 2.61. The molecular formula is C31H57O7PSi. The van der Waals surface area contributed by atoms with Gasteiger partial charge in [0.1, 0.15) is 11.4 Å². The Morgan fingerprint density at radius 3 is 1.73 bits per heavy atom. The van der Waals surface area contributed by atoms with Crippen molar-refractivity contribution in [1.29, 1.82) is 0 Å². The van der Waals surface area contributed by atoms with Crippen LogP contribution in [0.15, 0.2) is 18.2 Å². The van der Waals surface area contributed by atoms with E-state index in [-0.39, 0.29) is 17.4 Å². The van der Waals surface area contributed by atoms with E-state index in [1.807, 2.05) is 26.8 Å². The second-order valence-electron chi connectivity index (χ2n) is 15.7. The Hall–Kier alpha value is -1.18. The summed E-state index contributed by atoms with van der Waals surface area (Å²) >= 11 is 0. The van der Waals surface area contributed by atoms with E-state index in [4.69, 9.17) is 22.7 Å². The van der Waals surface area contributed by atoms with Gasteiger partial charge in [-0.3, -0.25) is 13.8 Å². The molecule has 0 bridgehead atoms.